The summed E-state index contributed by atoms with van der Waals surface area (Å²) in [6.45, 7) is 7.69. The number of nitrogens with zero attached hydrogens (tertiary/aromatic N) is 5. The van der Waals surface area contributed by atoms with E-state index in [0.717, 1.165) is 0 Å². The topological polar surface area (TPSA) is 105 Å². The summed E-state index contributed by atoms with van der Waals surface area (Å²) >= 11 is 0. The van der Waals surface area contributed by atoms with Crippen LogP contribution in [0.2, 0.25) is 0 Å². The number of anilines is 1. The molecule has 3 heterocycles. The number of hydrogen-bond donors (Lipinski definition) is 1. The summed E-state index contributed by atoms with van der Waals surface area (Å²) in [5, 5.41) is 0. The summed E-state index contributed by atoms with van der Waals surface area (Å²) in [6, 6.07) is 0. The Morgan fingerprint density at radius 1 is 1.19 bits per heavy atom. The lowest BCUT2D eigenvalue weighted by Crippen LogP contribution is -2.49. The van der Waals surface area contributed by atoms with E-state index in [1.807, 2.05) is 16.4 Å². The number of hydrogen-bond acceptors (Lipinski definition) is 7. The molecular weight excluding hydrogens is 340 g/mol. The number of aromatic amines is 1. The van der Waals surface area contributed by atoms with Crippen LogP contribution in [0.15, 0.2) is 9.59 Å². The predicted molar refractivity (Wildman–Crippen MR) is 96.6 cm³/mol. The van der Waals surface area contributed by atoms with Crippen molar-refractivity contribution in [3.8, 4) is 0 Å². The standard InChI is InChI=1S/C16H24N6O4/c1-4-22-12-13(19(3)16(25)18-14(12)24)17-15(22)21-8-6-20(7-9-21)10-11(23)26-5-2/h4-10H2,1-3H3,(H,18,24,25). The molecule has 0 unspecified atom stereocenters. The molecule has 0 saturated carbocycles. The number of aromatic nitrogens is 4. The van der Waals surface area contributed by atoms with Crippen LogP contribution in [0, 0.1) is 0 Å². The Morgan fingerprint density at radius 3 is 2.50 bits per heavy atom. The lowest BCUT2D eigenvalue weighted by atomic mass is 10.3. The van der Waals surface area contributed by atoms with Gasteiger partial charge in [0.05, 0.1) is 13.2 Å². The van der Waals surface area contributed by atoms with Gasteiger partial charge in [-0.15, -0.1) is 0 Å². The van der Waals surface area contributed by atoms with Crippen molar-refractivity contribution in [3.63, 3.8) is 0 Å². The van der Waals surface area contributed by atoms with Gasteiger partial charge in [0.1, 0.15) is 0 Å². The second kappa shape index (κ2) is 7.32. The first-order chi connectivity index (χ1) is 12.5. The predicted octanol–water partition coefficient (Wildman–Crippen LogP) is -0.872. The van der Waals surface area contributed by atoms with Crippen molar-refractivity contribution in [2.45, 2.75) is 20.4 Å². The average Bonchev–Trinajstić information content (AvgIpc) is 3.01. The summed E-state index contributed by atoms with van der Waals surface area (Å²) in [5.74, 6) is 0.452. The fourth-order valence-corrected chi connectivity index (χ4v) is 3.26. The second-order valence-corrected chi connectivity index (χ2v) is 6.21. The summed E-state index contributed by atoms with van der Waals surface area (Å²) < 4.78 is 8.17. The van der Waals surface area contributed by atoms with Crippen molar-refractivity contribution < 1.29 is 9.53 Å². The van der Waals surface area contributed by atoms with Crippen molar-refractivity contribution in [1.82, 2.24) is 24.0 Å². The number of H-pyrrole nitrogens is 1. The number of esters is 1. The van der Waals surface area contributed by atoms with Gasteiger partial charge >= 0.3 is 11.7 Å². The molecule has 1 N–H and O–H groups in total. The van der Waals surface area contributed by atoms with Crippen LogP contribution in [0.1, 0.15) is 13.8 Å². The Labute approximate surface area is 150 Å². The molecule has 142 valence electrons. The van der Waals surface area contributed by atoms with Gasteiger partial charge in [0, 0.05) is 39.8 Å². The molecule has 26 heavy (non-hydrogen) atoms. The molecule has 1 aliphatic rings. The monoisotopic (exact) mass is 364 g/mol. The lowest BCUT2D eigenvalue weighted by Gasteiger charge is -2.34. The number of ether oxygens (including phenoxy) is 1. The van der Waals surface area contributed by atoms with Gasteiger partial charge in [-0.25, -0.2) is 4.79 Å². The molecule has 0 radical (unpaired) electrons. The highest BCUT2D eigenvalue weighted by Crippen LogP contribution is 2.20. The molecule has 1 aliphatic heterocycles. The van der Waals surface area contributed by atoms with E-state index in [9.17, 15) is 14.4 Å². The van der Waals surface area contributed by atoms with E-state index in [1.165, 1.54) is 4.57 Å². The SMILES string of the molecule is CCOC(=O)CN1CCN(c2nc3c(c(=O)[nH]c(=O)n3C)n2CC)CC1. The number of rotatable bonds is 5. The van der Waals surface area contributed by atoms with E-state index in [1.54, 1.807) is 14.0 Å². The van der Waals surface area contributed by atoms with Gasteiger partial charge in [-0.2, -0.15) is 4.98 Å². The van der Waals surface area contributed by atoms with Crippen LogP contribution in [0.25, 0.3) is 11.2 Å². The van der Waals surface area contributed by atoms with Gasteiger partial charge in [-0.3, -0.25) is 24.0 Å². The van der Waals surface area contributed by atoms with Crippen LogP contribution in [0.4, 0.5) is 5.95 Å². The molecule has 10 heteroatoms. The van der Waals surface area contributed by atoms with E-state index >= 15 is 0 Å². The Kier molecular flexibility index (Phi) is 5.12. The van der Waals surface area contributed by atoms with Gasteiger partial charge < -0.3 is 14.2 Å². The Hall–Kier alpha value is -2.62. The fraction of sp³-hybridized carbons (Fsp3) is 0.625. The van der Waals surface area contributed by atoms with Crippen molar-refractivity contribution in [1.29, 1.82) is 0 Å². The molecule has 0 aliphatic carbocycles. The number of aryl methyl sites for hydroxylation is 2. The van der Waals surface area contributed by atoms with Gasteiger partial charge in [0.15, 0.2) is 11.2 Å². The molecule has 0 atom stereocenters. The zero-order valence-corrected chi connectivity index (χ0v) is 15.3. The summed E-state index contributed by atoms with van der Waals surface area (Å²) in [7, 11) is 1.59. The van der Waals surface area contributed by atoms with E-state index in [0.29, 0.717) is 56.4 Å². The molecule has 2 aromatic heterocycles. The van der Waals surface area contributed by atoms with Crippen LogP contribution in [0.3, 0.4) is 0 Å². The van der Waals surface area contributed by atoms with E-state index in [-0.39, 0.29) is 12.5 Å². The largest absolute Gasteiger partial charge is 0.465 e. The molecular formula is C16H24N6O4. The van der Waals surface area contributed by atoms with Crippen molar-refractivity contribution in [2.24, 2.45) is 7.05 Å². The van der Waals surface area contributed by atoms with Gasteiger partial charge in [0.2, 0.25) is 5.95 Å². The van der Waals surface area contributed by atoms with Crippen LogP contribution >= 0.6 is 0 Å². The Morgan fingerprint density at radius 2 is 1.88 bits per heavy atom. The first kappa shape index (κ1) is 18.2. The summed E-state index contributed by atoms with van der Waals surface area (Å²) in [5.41, 5.74) is -0.123. The van der Waals surface area contributed by atoms with Crippen LogP contribution in [-0.2, 0) is 23.1 Å². The van der Waals surface area contributed by atoms with E-state index in [2.05, 4.69) is 14.9 Å². The molecule has 0 aromatic carbocycles. The first-order valence-electron chi connectivity index (χ1n) is 8.78. The normalized spacial score (nSPS) is 15.6. The maximum absolute atomic E-state index is 12.3. The third-order valence-electron chi connectivity index (χ3n) is 4.62. The summed E-state index contributed by atoms with van der Waals surface area (Å²) in [4.78, 5) is 46.7. The minimum atomic E-state index is -0.478. The van der Waals surface area contributed by atoms with Gasteiger partial charge in [-0.05, 0) is 13.8 Å². The highest BCUT2D eigenvalue weighted by molar-refractivity contribution is 5.74. The van der Waals surface area contributed by atoms with E-state index in [4.69, 9.17) is 4.74 Å². The number of fused-ring (bicyclic) bond motifs is 1. The number of piperazine rings is 1. The quantitative estimate of drug-likeness (QED) is 0.688. The molecule has 1 fully saturated rings. The third-order valence-corrected chi connectivity index (χ3v) is 4.62. The highest BCUT2D eigenvalue weighted by Gasteiger charge is 2.25. The molecule has 1 saturated heterocycles. The molecule has 0 amide bonds. The highest BCUT2D eigenvalue weighted by atomic mass is 16.5. The number of imidazole rings is 1. The minimum Gasteiger partial charge on any atom is -0.465 e. The number of nitrogens with one attached hydrogen (secondary N) is 1. The third kappa shape index (κ3) is 3.24. The molecule has 10 nitrogen and oxygen atoms in total. The molecule has 0 bridgehead atoms. The first-order valence-corrected chi connectivity index (χ1v) is 8.78. The average molecular weight is 364 g/mol. The van der Waals surface area contributed by atoms with Crippen LogP contribution < -0.4 is 16.1 Å². The van der Waals surface area contributed by atoms with Crippen LogP contribution in [-0.4, -0.2) is 69.3 Å². The number of carbonyl (C=O) groups excluding carboxylic acids is 1. The minimum absolute atomic E-state index is 0.219. The summed E-state index contributed by atoms with van der Waals surface area (Å²) in [6.07, 6.45) is 0. The Bertz CT molecular complexity index is 919. The van der Waals surface area contributed by atoms with E-state index < -0.39 is 11.2 Å². The maximum Gasteiger partial charge on any atom is 0.329 e. The molecule has 0 spiro atoms. The fourth-order valence-electron chi connectivity index (χ4n) is 3.26. The van der Waals surface area contributed by atoms with Gasteiger partial charge in [-0.1, -0.05) is 0 Å². The lowest BCUT2D eigenvalue weighted by molar-refractivity contribution is -0.144. The smallest absolute Gasteiger partial charge is 0.329 e. The Balaban J connectivity index is 1.85. The van der Waals surface area contributed by atoms with Crippen molar-refractivity contribution in [2.75, 3.05) is 44.2 Å². The maximum atomic E-state index is 12.3. The molecule has 3 rings (SSSR count). The molecule has 2 aromatic rings. The van der Waals surface area contributed by atoms with Crippen molar-refractivity contribution in [3.05, 3.63) is 20.8 Å². The zero-order chi connectivity index (χ0) is 18.8. The van der Waals surface area contributed by atoms with Crippen molar-refractivity contribution >= 4 is 23.1 Å². The second-order valence-electron chi connectivity index (χ2n) is 6.21. The van der Waals surface area contributed by atoms with Crippen LogP contribution in [0.5, 0.6) is 0 Å². The van der Waals surface area contributed by atoms with Gasteiger partial charge in [0.25, 0.3) is 5.56 Å². The number of carbonyl (C=O) groups is 1. The zero-order valence-electron chi connectivity index (χ0n) is 15.3.